The van der Waals surface area contributed by atoms with Crippen molar-refractivity contribution in [3.63, 3.8) is 0 Å². The predicted molar refractivity (Wildman–Crippen MR) is 63.2 cm³/mol. The number of pyridine rings is 1. The average Bonchev–Trinajstić information content (AvgIpc) is 2.19. The van der Waals surface area contributed by atoms with Crippen LogP contribution in [0.4, 0.5) is 0 Å². The van der Waals surface area contributed by atoms with Gasteiger partial charge in [0.05, 0.1) is 5.56 Å². The van der Waals surface area contributed by atoms with E-state index in [1.54, 1.807) is 0 Å². The van der Waals surface area contributed by atoms with Crippen molar-refractivity contribution >= 4 is 11.6 Å². The van der Waals surface area contributed by atoms with E-state index in [1.807, 2.05) is 6.07 Å². The molecule has 3 nitrogen and oxygen atoms in total. The molecule has 84 valence electrons. The Hall–Kier alpha value is -1.11. The molecule has 0 saturated carbocycles. The molecule has 0 unspecified atom stereocenters. The third-order valence-electron chi connectivity index (χ3n) is 3.31. The van der Waals surface area contributed by atoms with Gasteiger partial charge in [0.15, 0.2) is 0 Å². The first-order valence-corrected chi connectivity index (χ1v) is 5.61. The van der Waals surface area contributed by atoms with Gasteiger partial charge in [0.1, 0.15) is 11.2 Å². The molecule has 1 aliphatic rings. The molecule has 0 bridgehead atoms. The zero-order valence-corrected chi connectivity index (χ0v) is 10.5. The standard InChI is InChI=1S/C12H14ClN3/c1-12(2)5-10-9(7-16(12)3)4-8(6-14)11(13)15-10/h4H,5,7H2,1-3H3. The van der Waals surface area contributed by atoms with Gasteiger partial charge >= 0.3 is 0 Å². The number of hydrogen-bond donors (Lipinski definition) is 0. The zero-order chi connectivity index (χ0) is 11.9. The van der Waals surface area contributed by atoms with Crippen LogP contribution in [0, 0.1) is 11.3 Å². The summed E-state index contributed by atoms with van der Waals surface area (Å²) >= 11 is 5.94. The number of hydrogen-bond acceptors (Lipinski definition) is 3. The molecule has 0 saturated heterocycles. The van der Waals surface area contributed by atoms with Crippen LogP contribution in [-0.2, 0) is 13.0 Å². The number of halogens is 1. The van der Waals surface area contributed by atoms with E-state index >= 15 is 0 Å². The number of fused-ring (bicyclic) bond motifs is 1. The third kappa shape index (κ3) is 1.79. The average molecular weight is 236 g/mol. The molecule has 2 rings (SSSR count). The second kappa shape index (κ2) is 3.73. The first-order chi connectivity index (χ1) is 7.44. The Morgan fingerprint density at radius 2 is 2.25 bits per heavy atom. The first kappa shape index (κ1) is 11.4. The lowest BCUT2D eigenvalue weighted by molar-refractivity contribution is 0.131. The minimum atomic E-state index is 0.0947. The van der Waals surface area contributed by atoms with Crippen LogP contribution in [0.25, 0.3) is 0 Å². The summed E-state index contributed by atoms with van der Waals surface area (Å²) in [7, 11) is 2.09. The summed E-state index contributed by atoms with van der Waals surface area (Å²) in [5.41, 5.74) is 2.70. The highest BCUT2D eigenvalue weighted by atomic mass is 35.5. The number of nitriles is 1. The van der Waals surface area contributed by atoms with E-state index < -0.39 is 0 Å². The summed E-state index contributed by atoms with van der Waals surface area (Å²) in [5, 5.41) is 9.22. The van der Waals surface area contributed by atoms with Gasteiger partial charge in [0.25, 0.3) is 0 Å². The minimum absolute atomic E-state index is 0.0947. The molecule has 0 N–H and O–H groups in total. The second-order valence-electron chi connectivity index (χ2n) is 4.89. The van der Waals surface area contributed by atoms with Crippen molar-refractivity contribution in [1.29, 1.82) is 5.26 Å². The first-order valence-electron chi connectivity index (χ1n) is 5.23. The third-order valence-corrected chi connectivity index (χ3v) is 3.59. The van der Waals surface area contributed by atoms with E-state index in [0.29, 0.717) is 10.7 Å². The van der Waals surface area contributed by atoms with E-state index in [9.17, 15) is 0 Å². The topological polar surface area (TPSA) is 39.9 Å². The van der Waals surface area contributed by atoms with E-state index in [2.05, 4.69) is 36.8 Å². The quantitative estimate of drug-likeness (QED) is 0.649. The smallest absolute Gasteiger partial charge is 0.147 e. The molecule has 16 heavy (non-hydrogen) atoms. The number of rotatable bonds is 0. The van der Waals surface area contributed by atoms with Gasteiger partial charge in [-0.3, -0.25) is 4.90 Å². The van der Waals surface area contributed by atoms with Crippen LogP contribution in [0.1, 0.15) is 30.7 Å². The summed E-state index contributed by atoms with van der Waals surface area (Å²) in [6.07, 6.45) is 0.865. The molecule has 0 amide bonds. The van der Waals surface area contributed by atoms with E-state index in [4.69, 9.17) is 16.9 Å². The SMILES string of the molecule is CN1Cc2cc(C#N)c(Cl)nc2CC1(C)C. The van der Waals surface area contributed by atoms with Crippen molar-refractivity contribution in [2.75, 3.05) is 7.05 Å². The van der Waals surface area contributed by atoms with E-state index in [0.717, 1.165) is 24.2 Å². The van der Waals surface area contributed by atoms with Crippen LogP contribution in [-0.4, -0.2) is 22.5 Å². The van der Waals surface area contributed by atoms with Gasteiger partial charge in [-0.25, -0.2) is 4.98 Å². The Kier molecular flexibility index (Phi) is 2.65. The fraction of sp³-hybridized carbons (Fsp3) is 0.500. The van der Waals surface area contributed by atoms with Crippen molar-refractivity contribution in [2.45, 2.75) is 32.4 Å². The summed E-state index contributed by atoms with van der Waals surface area (Å²) < 4.78 is 0. The molecule has 2 heterocycles. The lowest BCUT2D eigenvalue weighted by atomic mass is 9.89. The Bertz CT molecular complexity index is 474. The van der Waals surface area contributed by atoms with Gasteiger partial charge in [0, 0.05) is 24.2 Å². The van der Waals surface area contributed by atoms with E-state index in [-0.39, 0.29) is 5.54 Å². The Labute approximate surface area is 101 Å². The predicted octanol–water partition coefficient (Wildman–Crippen LogP) is 2.37. The fourth-order valence-corrected chi connectivity index (χ4v) is 2.15. The molecule has 0 atom stereocenters. The number of likely N-dealkylation sites (N-methyl/N-ethyl adjacent to an activating group) is 1. The highest BCUT2D eigenvalue weighted by molar-refractivity contribution is 6.30. The van der Waals surface area contributed by atoms with Crippen LogP contribution < -0.4 is 0 Å². The van der Waals surface area contributed by atoms with Crippen LogP contribution >= 0.6 is 11.6 Å². The minimum Gasteiger partial charge on any atom is -0.297 e. The zero-order valence-electron chi connectivity index (χ0n) is 9.71. The Morgan fingerprint density at radius 3 is 2.88 bits per heavy atom. The Balaban J connectivity index is 2.49. The maximum absolute atomic E-state index is 8.90. The molecule has 0 spiro atoms. The van der Waals surface area contributed by atoms with Gasteiger partial charge in [-0.2, -0.15) is 5.26 Å². The summed E-state index contributed by atoms with van der Waals surface area (Å²) in [5.74, 6) is 0. The van der Waals surface area contributed by atoms with Crippen LogP contribution in [0.5, 0.6) is 0 Å². The van der Waals surface area contributed by atoms with Crippen LogP contribution in [0.15, 0.2) is 6.07 Å². The molecule has 0 aromatic carbocycles. The van der Waals surface area contributed by atoms with Crippen LogP contribution in [0.3, 0.4) is 0 Å². The highest BCUT2D eigenvalue weighted by Crippen LogP contribution is 2.30. The normalized spacial score (nSPS) is 18.9. The van der Waals surface area contributed by atoms with Crippen molar-refractivity contribution in [3.05, 3.63) is 28.0 Å². The van der Waals surface area contributed by atoms with E-state index in [1.165, 1.54) is 0 Å². The largest absolute Gasteiger partial charge is 0.297 e. The van der Waals surface area contributed by atoms with Gasteiger partial charge in [-0.05, 0) is 32.5 Å². The molecule has 0 radical (unpaired) electrons. The number of nitrogens with zero attached hydrogens (tertiary/aromatic N) is 3. The van der Waals surface area contributed by atoms with Crippen molar-refractivity contribution in [3.8, 4) is 6.07 Å². The molecule has 1 aliphatic heterocycles. The van der Waals surface area contributed by atoms with Crippen LogP contribution in [0.2, 0.25) is 5.15 Å². The molecule has 0 fully saturated rings. The maximum atomic E-state index is 8.90. The molecule has 1 aromatic heterocycles. The monoisotopic (exact) mass is 235 g/mol. The molecular formula is C12H14ClN3. The summed E-state index contributed by atoms with van der Waals surface area (Å²) in [4.78, 5) is 6.60. The van der Waals surface area contributed by atoms with Crippen molar-refractivity contribution in [1.82, 2.24) is 9.88 Å². The highest BCUT2D eigenvalue weighted by Gasteiger charge is 2.31. The second-order valence-corrected chi connectivity index (χ2v) is 5.25. The lowest BCUT2D eigenvalue weighted by Gasteiger charge is -2.40. The number of aromatic nitrogens is 1. The van der Waals surface area contributed by atoms with Crippen molar-refractivity contribution < 1.29 is 0 Å². The van der Waals surface area contributed by atoms with Gasteiger partial charge in [-0.15, -0.1) is 0 Å². The molecular weight excluding hydrogens is 222 g/mol. The van der Waals surface area contributed by atoms with Crippen molar-refractivity contribution in [2.24, 2.45) is 0 Å². The maximum Gasteiger partial charge on any atom is 0.147 e. The molecule has 0 aliphatic carbocycles. The summed E-state index contributed by atoms with van der Waals surface area (Å²) in [6, 6.07) is 3.93. The lowest BCUT2D eigenvalue weighted by Crippen LogP contribution is -2.46. The van der Waals surface area contributed by atoms with Gasteiger partial charge in [0.2, 0.25) is 0 Å². The fourth-order valence-electron chi connectivity index (χ4n) is 1.95. The molecule has 4 heteroatoms. The van der Waals surface area contributed by atoms with Gasteiger partial charge in [-0.1, -0.05) is 11.6 Å². The van der Waals surface area contributed by atoms with Gasteiger partial charge < -0.3 is 0 Å². The summed E-state index contributed by atoms with van der Waals surface area (Å²) in [6.45, 7) is 5.19. The molecule has 1 aromatic rings. The Morgan fingerprint density at radius 1 is 1.56 bits per heavy atom.